The lowest BCUT2D eigenvalue weighted by Gasteiger charge is -2.11. The van der Waals surface area contributed by atoms with Gasteiger partial charge in [-0.05, 0) is 24.5 Å². The number of nitrogens with one attached hydrogen (secondary N) is 2. The summed E-state index contributed by atoms with van der Waals surface area (Å²) in [4.78, 5) is 12.6. The van der Waals surface area contributed by atoms with E-state index in [1.165, 1.54) is 12.1 Å². The molecule has 0 fully saturated rings. The zero-order chi connectivity index (χ0) is 18.0. The van der Waals surface area contributed by atoms with Gasteiger partial charge in [-0.3, -0.25) is 15.6 Å². The van der Waals surface area contributed by atoms with Crippen molar-refractivity contribution < 1.29 is 9.21 Å². The average Bonchev–Trinajstić information content (AvgIpc) is 2.93. The number of anilines is 1. The van der Waals surface area contributed by atoms with Crippen LogP contribution >= 0.6 is 46.6 Å². The van der Waals surface area contributed by atoms with Crippen molar-refractivity contribution in [2.75, 3.05) is 11.7 Å². The zero-order valence-corrected chi connectivity index (χ0v) is 16.1. The fraction of sp³-hybridized carbons (Fsp3) is 0.118. The molecule has 1 heterocycles. The molecule has 0 aliphatic heterocycles. The van der Waals surface area contributed by atoms with Crippen LogP contribution in [0.3, 0.4) is 0 Å². The summed E-state index contributed by atoms with van der Waals surface area (Å²) in [6, 6.07) is 10.6. The SMILES string of the molecule is CSCc1c(C(=O)NNc2c(Cl)cc(Cl)cc2Cl)oc2ccccc12. The van der Waals surface area contributed by atoms with Crippen LogP contribution < -0.4 is 10.9 Å². The minimum absolute atomic E-state index is 0.254. The molecule has 0 bridgehead atoms. The predicted molar refractivity (Wildman–Crippen MR) is 106 cm³/mol. The van der Waals surface area contributed by atoms with Crippen LogP contribution in [-0.2, 0) is 5.75 Å². The highest BCUT2D eigenvalue weighted by Gasteiger charge is 2.20. The molecule has 0 aliphatic rings. The van der Waals surface area contributed by atoms with Crippen molar-refractivity contribution >= 4 is 69.1 Å². The lowest BCUT2D eigenvalue weighted by Crippen LogP contribution is -2.30. The molecule has 0 atom stereocenters. The van der Waals surface area contributed by atoms with Crippen LogP contribution in [0.1, 0.15) is 16.1 Å². The quantitative estimate of drug-likeness (QED) is 0.501. The molecule has 2 aromatic carbocycles. The van der Waals surface area contributed by atoms with E-state index in [1.54, 1.807) is 11.8 Å². The first kappa shape index (κ1) is 18.3. The highest BCUT2D eigenvalue weighted by molar-refractivity contribution is 7.97. The third kappa shape index (κ3) is 3.85. The molecule has 1 amide bonds. The number of carbonyl (C=O) groups excluding carboxylic acids is 1. The summed E-state index contributed by atoms with van der Waals surface area (Å²) in [7, 11) is 0. The van der Waals surface area contributed by atoms with Gasteiger partial charge in [0.15, 0.2) is 5.76 Å². The van der Waals surface area contributed by atoms with Gasteiger partial charge in [0.25, 0.3) is 0 Å². The number of hydrogen-bond acceptors (Lipinski definition) is 4. The van der Waals surface area contributed by atoms with E-state index in [2.05, 4.69) is 10.9 Å². The third-order valence-electron chi connectivity index (χ3n) is 3.50. The summed E-state index contributed by atoms with van der Waals surface area (Å²) in [5.41, 5.74) is 7.18. The first-order valence-corrected chi connectivity index (χ1v) is 9.74. The van der Waals surface area contributed by atoms with Gasteiger partial charge in [-0.1, -0.05) is 53.0 Å². The Bertz CT molecular complexity index is 920. The predicted octanol–water partition coefficient (Wildman–Crippen LogP) is 6.01. The largest absolute Gasteiger partial charge is 0.451 e. The number of hydrazine groups is 1. The molecular formula is C17H13Cl3N2O2S. The molecule has 8 heteroatoms. The van der Waals surface area contributed by atoms with Crippen molar-refractivity contribution in [1.82, 2.24) is 5.43 Å². The average molecular weight is 416 g/mol. The molecule has 4 nitrogen and oxygen atoms in total. The molecule has 2 N–H and O–H groups in total. The van der Waals surface area contributed by atoms with Crippen molar-refractivity contribution in [2.24, 2.45) is 0 Å². The topological polar surface area (TPSA) is 54.3 Å². The van der Waals surface area contributed by atoms with Crippen LogP contribution in [0.4, 0.5) is 5.69 Å². The number of carbonyl (C=O) groups is 1. The van der Waals surface area contributed by atoms with Crippen LogP contribution in [0.25, 0.3) is 11.0 Å². The van der Waals surface area contributed by atoms with E-state index in [9.17, 15) is 4.79 Å². The molecule has 1 aromatic heterocycles. The van der Waals surface area contributed by atoms with Gasteiger partial charge in [0.05, 0.1) is 15.7 Å². The maximum Gasteiger partial charge on any atom is 0.305 e. The molecular weight excluding hydrogens is 403 g/mol. The minimum Gasteiger partial charge on any atom is -0.451 e. The molecule has 0 aliphatic carbocycles. The Balaban J connectivity index is 1.87. The van der Waals surface area contributed by atoms with E-state index in [0.717, 1.165) is 10.9 Å². The van der Waals surface area contributed by atoms with E-state index in [0.29, 0.717) is 32.1 Å². The lowest BCUT2D eigenvalue weighted by molar-refractivity contribution is 0.0936. The number of furan rings is 1. The molecule has 3 rings (SSSR count). The molecule has 25 heavy (non-hydrogen) atoms. The molecule has 3 aromatic rings. The number of hydrogen-bond donors (Lipinski definition) is 2. The fourth-order valence-electron chi connectivity index (χ4n) is 2.41. The van der Waals surface area contributed by atoms with Crippen LogP contribution in [0.5, 0.6) is 0 Å². The monoisotopic (exact) mass is 414 g/mol. The van der Waals surface area contributed by atoms with Crippen molar-refractivity contribution in [3.8, 4) is 0 Å². The summed E-state index contributed by atoms with van der Waals surface area (Å²) in [5, 5.41) is 1.93. The normalized spacial score (nSPS) is 10.9. The van der Waals surface area contributed by atoms with Crippen LogP contribution in [-0.4, -0.2) is 12.2 Å². The Morgan fingerprint density at radius 3 is 2.52 bits per heavy atom. The standard InChI is InChI=1S/C17H13Cl3N2O2S/c1-25-8-11-10-4-2-3-5-14(10)24-16(11)17(23)22-21-15-12(19)6-9(18)7-13(15)20/h2-7,21H,8H2,1H3,(H,22,23). The number of amides is 1. The number of para-hydroxylation sites is 1. The Hall–Kier alpha value is -1.53. The lowest BCUT2D eigenvalue weighted by atomic mass is 10.1. The number of thioether (sulfide) groups is 1. The van der Waals surface area contributed by atoms with Gasteiger partial charge in [0.1, 0.15) is 5.58 Å². The summed E-state index contributed by atoms with van der Waals surface area (Å²) >= 11 is 19.7. The van der Waals surface area contributed by atoms with Crippen LogP contribution in [0.15, 0.2) is 40.8 Å². The van der Waals surface area contributed by atoms with Crippen molar-refractivity contribution in [3.05, 3.63) is 62.8 Å². The second-order valence-corrected chi connectivity index (χ2v) is 7.28. The van der Waals surface area contributed by atoms with Gasteiger partial charge in [-0.2, -0.15) is 11.8 Å². The summed E-state index contributed by atoms with van der Waals surface area (Å²) in [6.45, 7) is 0. The number of benzene rings is 2. The zero-order valence-electron chi connectivity index (χ0n) is 13.0. The van der Waals surface area contributed by atoms with Crippen LogP contribution in [0, 0.1) is 0 Å². The summed E-state index contributed by atoms with van der Waals surface area (Å²) in [5.74, 6) is 0.494. The molecule has 0 radical (unpaired) electrons. The second-order valence-electron chi connectivity index (χ2n) is 5.16. The van der Waals surface area contributed by atoms with Gasteiger partial charge < -0.3 is 4.42 Å². The summed E-state index contributed by atoms with van der Waals surface area (Å²) < 4.78 is 5.73. The number of fused-ring (bicyclic) bond motifs is 1. The molecule has 0 spiro atoms. The molecule has 130 valence electrons. The van der Waals surface area contributed by atoms with E-state index in [4.69, 9.17) is 39.2 Å². The Morgan fingerprint density at radius 1 is 1.16 bits per heavy atom. The van der Waals surface area contributed by atoms with Gasteiger partial charge in [-0.25, -0.2) is 0 Å². The maximum absolute atomic E-state index is 12.6. The van der Waals surface area contributed by atoms with Crippen molar-refractivity contribution in [3.63, 3.8) is 0 Å². The maximum atomic E-state index is 12.6. The third-order valence-corrected chi connectivity index (χ3v) is 4.89. The minimum atomic E-state index is -0.415. The highest BCUT2D eigenvalue weighted by Crippen LogP contribution is 2.33. The highest BCUT2D eigenvalue weighted by atomic mass is 35.5. The van der Waals surface area contributed by atoms with E-state index < -0.39 is 5.91 Å². The first-order chi connectivity index (χ1) is 12.0. The Labute approximate surface area is 163 Å². The van der Waals surface area contributed by atoms with E-state index >= 15 is 0 Å². The Kier molecular flexibility index (Phi) is 5.69. The number of rotatable bonds is 5. The van der Waals surface area contributed by atoms with Gasteiger partial charge in [0, 0.05) is 21.7 Å². The smallest absolute Gasteiger partial charge is 0.305 e. The van der Waals surface area contributed by atoms with Gasteiger partial charge >= 0.3 is 5.91 Å². The van der Waals surface area contributed by atoms with Gasteiger partial charge in [0.2, 0.25) is 0 Å². The number of halogens is 3. The van der Waals surface area contributed by atoms with E-state index in [-0.39, 0.29) is 5.76 Å². The second kappa shape index (κ2) is 7.79. The first-order valence-electron chi connectivity index (χ1n) is 7.21. The van der Waals surface area contributed by atoms with Crippen molar-refractivity contribution in [2.45, 2.75) is 5.75 Å². The molecule has 0 saturated heterocycles. The van der Waals surface area contributed by atoms with Crippen LogP contribution in [0.2, 0.25) is 15.1 Å². The molecule has 0 saturated carbocycles. The molecule has 0 unspecified atom stereocenters. The fourth-order valence-corrected chi connectivity index (χ4v) is 3.89. The Morgan fingerprint density at radius 2 is 1.84 bits per heavy atom. The van der Waals surface area contributed by atoms with Gasteiger partial charge in [-0.15, -0.1) is 0 Å². The summed E-state index contributed by atoms with van der Waals surface area (Å²) in [6.07, 6.45) is 1.97. The van der Waals surface area contributed by atoms with E-state index in [1.807, 2.05) is 30.5 Å². The van der Waals surface area contributed by atoms with Crippen molar-refractivity contribution in [1.29, 1.82) is 0 Å².